The van der Waals surface area contributed by atoms with Crippen LogP contribution in [0.4, 0.5) is 5.69 Å². The van der Waals surface area contributed by atoms with Gasteiger partial charge in [-0.2, -0.15) is 0 Å². The molecule has 0 atom stereocenters. The number of aryl methyl sites for hydroxylation is 1. The van der Waals surface area contributed by atoms with E-state index in [1.54, 1.807) is 6.92 Å². The van der Waals surface area contributed by atoms with Gasteiger partial charge in [-0.15, -0.1) is 0 Å². The van der Waals surface area contributed by atoms with Crippen LogP contribution in [0.5, 0.6) is 0 Å². The summed E-state index contributed by atoms with van der Waals surface area (Å²) in [5, 5.41) is 0. The van der Waals surface area contributed by atoms with Crippen LogP contribution < -0.4 is 4.90 Å². The van der Waals surface area contributed by atoms with Gasteiger partial charge >= 0.3 is 0 Å². The van der Waals surface area contributed by atoms with Crippen LogP contribution in [0.15, 0.2) is 24.3 Å². The topological polar surface area (TPSA) is 20.3 Å². The highest BCUT2D eigenvalue weighted by Gasteiger charge is 2.26. The van der Waals surface area contributed by atoms with Gasteiger partial charge in [0.1, 0.15) is 5.78 Å². The number of rotatable bonds is 5. The lowest BCUT2D eigenvalue weighted by Crippen LogP contribution is -2.38. The minimum absolute atomic E-state index is 0.239. The molecule has 0 saturated heterocycles. The molecule has 1 aromatic rings. The molecule has 1 rings (SSSR count). The smallest absolute Gasteiger partial charge is 0.137 e. The molecule has 0 saturated carbocycles. The van der Waals surface area contributed by atoms with E-state index in [0.717, 1.165) is 13.1 Å². The minimum Gasteiger partial charge on any atom is -0.371 e. The Hall–Kier alpha value is -1.31. The third kappa shape index (κ3) is 3.58. The molecule has 0 heterocycles. The van der Waals surface area contributed by atoms with Gasteiger partial charge in [-0.25, -0.2) is 0 Å². The molecule has 0 spiro atoms. The van der Waals surface area contributed by atoms with Crippen LogP contribution in [0.1, 0.15) is 33.3 Å². The van der Waals surface area contributed by atoms with Crippen molar-refractivity contribution < 1.29 is 4.79 Å². The summed E-state index contributed by atoms with van der Waals surface area (Å²) in [5.41, 5.74) is 2.16. The maximum Gasteiger partial charge on any atom is 0.137 e. The van der Waals surface area contributed by atoms with Gasteiger partial charge < -0.3 is 4.90 Å². The van der Waals surface area contributed by atoms with Crippen molar-refractivity contribution in [3.63, 3.8) is 0 Å². The number of hydrogen-bond acceptors (Lipinski definition) is 2. The van der Waals surface area contributed by atoms with Crippen molar-refractivity contribution in [2.45, 2.75) is 34.6 Å². The van der Waals surface area contributed by atoms with E-state index in [1.807, 2.05) is 13.8 Å². The summed E-state index contributed by atoms with van der Waals surface area (Å²) in [6.07, 6.45) is 0. The normalized spacial score (nSPS) is 11.4. The zero-order chi connectivity index (χ0) is 13.1. The molecule has 0 bridgehead atoms. The van der Waals surface area contributed by atoms with Crippen LogP contribution in [0.3, 0.4) is 0 Å². The van der Waals surface area contributed by atoms with E-state index in [9.17, 15) is 4.79 Å². The first-order chi connectivity index (χ1) is 7.86. The summed E-state index contributed by atoms with van der Waals surface area (Å²) in [7, 11) is 0. The van der Waals surface area contributed by atoms with Crippen molar-refractivity contribution in [1.29, 1.82) is 0 Å². The largest absolute Gasteiger partial charge is 0.371 e. The molecule has 0 aromatic heterocycles. The van der Waals surface area contributed by atoms with E-state index in [2.05, 4.69) is 43.0 Å². The highest BCUT2D eigenvalue weighted by Crippen LogP contribution is 2.23. The maximum absolute atomic E-state index is 11.6. The molecular weight excluding hydrogens is 210 g/mol. The Labute approximate surface area is 105 Å². The summed E-state index contributed by atoms with van der Waals surface area (Å²) >= 11 is 0. The van der Waals surface area contributed by atoms with E-state index < -0.39 is 0 Å². The van der Waals surface area contributed by atoms with Crippen molar-refractivity contribution in [2.75, 3.05) is 18.0 Å². The van der Waals surface area contributed by atoms with Gasteiger partial charge in [0.05, 0.1) is 0 Å². The number of nitrogens with zero attached hydrogens (tertiary/aromatic N) is 1. The average molecular weight is 233 g/mol. The number of carbonyl (C=O) groups excluding carboxylic acids is 1. The standard InChI is InChI=1S/C15H23NO/c1-6-16(11-15(4,5)13(3)17)14-9-7-8-12(2)10-14/h7-10H,6,11H2,1-5H3. The molecule has 2 nitrogen and oxygen atoms in total. The Morgan fingerprint density at radius 1 is 1.35 bits per heavy atom. The SMILES string of the molecule is CCN(CC(C)(C)C(C)=O)c1cccc(C)c1. The molecule has 17 heavy (non-hydrogen) atoms. The summed E-state index contributed by atoms with van der Waals surface area (Å²) in [6, 6.07) is 8.42. The lowest BCUT2D eigenvalue weighted by molar-refractivity contribution is -0.124. The van der Waals surface area contributed by atoms with Crippen LogP contribution in [-0.2, 0) is 4.79 Å². The lowest BCUT2D eigenvalue weighted by Gasteiger charge is -2.32. The predicted molar refractivity (Wildman–Crippen MR) is 73.5 cm³/mol. The number of carbonyl (C=O) groups is 1. The lowest BCUT2D eigenvalue weighted by atomic mass is 9.88. The Kier molecular flexibility index (Phi) is 4.33. The van der Waals surface area contributed by atoms with Crippen LogP contribution in [-0.4, -0.2) is 18.9 Å². The number of benzene rings is 1. The Balaban J connectivity index is 2.90. The molecule has 0 aliphatic carbocycles. The summed E-state index contributed by atoms with van der Waals surface area (Å²) in [6.45, 7) is 11.6. The van der Waals surface area contributed by atoms with Gasteiger partial charge in [-0.3, -0.25) is 4.79 Å². The van der Waals surface area contributed by atoms with Gasteiger partial charge in [0, 0.05) is 24.2 Å². The minimum atomic E-state index is -0.292. The monoisotopic (exact) mass is 233 g/mol. The number of anilines is 1. The highest BCUT2D eigenvalue weighted by molar-refractivity contribution is 5.82. The number of hydrogen-bond donors (Lipinski definition) is 0. The van der Waals surface area contributed by atoms with Gasteiger partial charge in [-0.05, 0) is 38.5 Å². The molecule has 94 valence electrons. The molecule has 0 amide bonds. The fourth-order valence-corrected chi connectivity index (χ4v) is 1.80. The van der Waals surface area contributed by atoms with Crippen molar-refractivity contribution >= 4 is 11.5 Å². The van der Waals surface area contributed by atoms with Gasteiger partial charge in [0.15, 0.2) is 0 Å². The molecule has 0 N–H and O–H groups in total. The first kappa shape index (κ1) is 13.8. The maximum atomic E-state index is 11.6. The van der Waals surface area contributed by atoms with Crippen LogP contribution in [0, 0.1) is 12.3 Å². The summed E-state index contributed by atoms with van der Waals surface area (Å²) < 4.78 is 0. The van der Waals surface area contributed by atoms with Crippen LogP contribution >= 0.6 is 0 Å². The van der Waals surface area contributed by atoms with E-state index in [4.69, 9.17) is 0 Å². The molecule has 0 fully saturated rings. The second-order valence-electron chi connectivity index (χ2n) is 5.29. The molecule has 0 aliphatic heterocycles. The first-order valence-corrected chi connectivity index (χ1v) is 6.19. The van der Waals surface area contributed by atoms with Crippen molar-refractivity contribution in [1.82, 2.24) is 0 Å². The molecule has 0 aliphatic rings. The first-order valence-electron chi connectivity index (χ1n) is 6.19. The molecular formula is C15H23NO. The fraction of sp³-hybridized carbons (Fsp3) is 0.533. The molecule has 0 unspecified atom stereocenters. The van der Waals surface area contributed by atoms with Crippen molar-refractivity contribution in [3.8, 4) is 0 Å². The second-order valence-corrected chi connectivity index (χ2v) is 5.29. The highest BCUT2D eigenvalue weighted by atomic mass is 16.1. The van der Waals surface area contributed by atoms with Gasteiger partial charge in [-0.1, -0.05) is 26.0 Å². The Morgan fingerprint density at radius 2 is 2.00 bits per heavy atom. The third-order valence-corrected chi connectivity index (χ3v) is 3.29. The van der Waals surface area contributed by atoms with E-state index in [-0.39, 0.29) is 11.2 Å². The third-order valence-electron chi connectivity index (χ3n) is 3.29. The molecule has 0 radical (unpaired) electrons. The van der Waals surface area contributed by atoms with Crippen LogP contribution in [0.25, 0.3) is 0 Å². The number of ketones is 1. The zero-order valence-corrected chi connectivity index (χ0v) is 11.6. The fourth-order valence-electron chi connectivity index (χ4n) is 1.80. The average Bonchev–Trinajstić information content (AvgIpc) is 2.25. The zero-order valence-electron chi connectivity index (χ0n) is 11.6. The quantitative estimate of drug-likeness (QED) is 0.776. The predicted octanol–water partition coefficient (Wildman–Crippen LogP) is 3.44. The molecule has 2 heteroatoms. The molecule has 1 aromatic carbocycles. The summed E-state index contributed by atoms with van der Waals surface area (Å²) in [5.74, 6) is 0.239. The second kappa shape index (κ2) is 5.35. The summed E-state index contributed by atoms with van der Waals surface area (Å²) in [4.78, 5) is 13.8. The van der Waals surface area contributed by atoms with Crippen molar-refractivity contribution in [3.05, 3.63) is 29.8 Å². The van der Waals surface area contributed by atoms with E-state index in [1.165, 1.54) is 11.3 Å². The Bertz CT molecular complexity index is 396. The van der Waals surface area contributed by atoms with Crippen LogP contribution in [0.2, 0.25) is 0 Å². The van der Waals surface area contributed by atoms with E-state index in [0.29, 0.717) is 0 Å². The van der Waals surface area contributed by atoms with Gasteiger partial charge in [0.2, 0.25) is 0 Å². The van der Waals surface area contributed by atoms with Gasteiger partial charge in [0.25, 0.3) is 0 Å². The Morgan fingerprint density at radius 3 is 2.47 bits per heavy atom. The van der Waals surface area contributed by atoms with Crippen molar-refractivity contribution in [2.24, 2.45) is 5.41 Å². The number of Topliss-reactive ketones (excluding diaryl/α,β-unsaturated/α-hetero) is 1. The van der Waals surface area contributed by atoms with E-state index >= 15 is 0 Å².